The molecule has 0 aromatic heterocycles. The normalized spacial score (nSPS) is 11.6. The van der Waals surface area contributed by atoms with Gasteiger partial charge in [-0.3, -0.25) is 4.79 Å². The molecule has 0 unspecified atom stereocenters. The van der Waals surface area contributed by atoms with Gasteiger partial charge in [0.1, 0.15) is 6.54 Å². The maximum absolute atomic E-state index is 12.6. The molecule has 2 amide bonds. The highest BCUT2D eigenvalue weighted by Gasteiger charge is 2.31. The van der Waals surface area contributed by atoms with E-state index >= 15 is 0 Å². The van der Waals surface area contributed by atoms with Gasteiger partial charge in [0.2, 0.25) is 0 Å². The highest BCUT2D eigenvalue weighted by molar-refractivity contribution is 5.80. The summed E-state index contributed by atoms with van der Waals surface area (Å²) in [6.45, 7) is 10.7. The molecule has 118 valence electrons. The Hall–Kier alpha value is -1.30. The van der Waals surface area contributed by atoms with Crippen molar-refractivity contribution in [2.24, 2.45) is 5.92 Å². The van der Waals surface area contributed by atoms with Gasteiger partial charge in [0.25, 0.3) is 0 Å². The zero-order chi connectivity index (χ0) is 15.9. The third-order valence-electron chi connectivity index (χ3n) is 2.76. The van der Waals surface area contributed by atoms with Crippen LogP contribution in [0, 0.1) is 5.92 Å². The molecule has 0 bridgehead atoms. The van der Waals surface area contributed by atoms with Crippen LogP contribution in [0.15, 0.2) is 0 Å². The van der Waals surface area contributed by atoms with E-state index in [1.165, 1.54) is 4.90 Å². The fraction of sp³-hybridized carbons (Fsp3) is 0.857. The molecular weight excluding hydrogens is 260 g/mol. The first-order valence-electron chi connectivity index (χ1n) is 6.86. The molecule has 0 spiro atoms. The first-order chi connectivity index (χ1) is 9.09. The molecule has 0 aliphatic carbocycles. The standard InChI is InChI=1S/C14H28N2O4/c1-11(2)9-15(7-8-20-6)13(19)16(10-12(17)18)14(3,4)5/h11H,7-10H2,1-6H3,(H,17,18). The van der Waals surface area contributed by atoms with Gasteiger partial charge in [-0.05, 0) is 26.7 Å². The molecule has 0 rings (SSSR count). The number of carbonyl (C=O) groups excluding carboxylic acids is 1. The number of amides is 2. The number of nitrogens with zero attached hydrogens (tertiary/aromatic N) is 2. The summed E-state index contributed by atoms with van der Waals surface area (Å²) in [6, 6.07) is -0.259. The third-order valence-corrected chi connectivity index (χ3v) is 2.76. The van der Waals surface area contributed by atoms with Crippen LogP contribution in [0.5, 0.6) is 0 Å². The second-order valence-electron chi connectivity index (χ2n) is 6.27. The molecule has 0 radical (unpaired) electrons. The quantitative estimate of drug-likeness (QED) is 0.776. The van der Waals surface area contributed by atoms with E-state index in [-0.39, 0.29) is 12.6 Å². The average Bonchev–Trinajstić information content (AvgIpc) is 2.28. The van der Waals surface area contributed by atoms with Gasteiger partial charge < -0.3 is 19.6 Å². The molecule has 0 heterocycles. The molecule has 0 aromatic carbocycles. The molecule has 6 nitrogen and oxygen atoms in total. The predicted octanol–water partition coefficient (Wildman–Crippen LogP) is 1.90. The number of aliphatic carboxylic acids is 1. The van der Waals surface area contributed by atoms with E-state index in [1.54, 1.807) is 12.0 Å². The van der Waals surface area contributed by atoms with Crippen molar-refractivity contribution >= 4 is 12.0 Å². The van der Waals surface area contributed by atoms with Crippen molar-refractivity contribution in [3.05, 3.63) is 0 Å². The minimum absolute atomic E-state index is 0.259. The summed E-state index contributed by atoms with van der Waals surface area (Å²) in [5.74, 6) is -0.702. The van der Waals surface area contributed by atoms with Crippen molar-refractivity contribution in [1.29, 1.82) is 0 Å². The SMILES string of the molecule is COCCN(CC(C)C)C(=O)N(CC(=O)O)C(C)(C)C. The fourth-order valence-corrected chi connectivity index (χ4v) is 1.80. The molecule has 0 atom stereocenters. The maximum atomic E-state index is 12.6. The minimum Gasteiger partial charge on any atom is -0.480 e. The molecule has 0 aromatic rings. The van der Waals surface area contributed by atoms with E-state index in [2.05, 4.69) is 0 Å². The van der Waals surface area contributed by atoms with Gasteiger partial charge in [0, 0.05) is 25.7 Å². The zero-order valence-electron chi connectivity index (χ0n) is 13.5. The van der Waals surface area contributed by atoms with Gasteiger partial charge in [-0.2, -0.15) is 0 Å². The van der Waals surface area contributed by atoms with E-state index < -0.39 is 11.5 Å². The second kappa shape index (κ2) is 8.09. The number of hydrogen-bond donors (Lipinski definition) is 1. The smallest absolute Gasteiger partial charge is 0.323 e. The molecule has 0 saturated carbocycles. The van der Waals surface area contributed by atoms with Gasteiger partial charge in [0.15, 0.2) is 0 Å². The largest absolute Gasteiger partial charge is 0.480 e. The van der Waals surface area contributed by atoms with E-state index in [1.807, 2.05) is 34.6 Å². The molecule has 1 N–H and O–H groups in total. The number of carboxylic acid groups (broad SMARTS) is 1. The van der Waals surface area contributed by atoms with Gasteiger partial charge in [-0.25, -0.2) is 4.79 Å². The Morgan fingerprint density at radius 3 is 2.15 bits per heavy atom. The monoisotopic (exact) mass is 288 g/mol. The number of hydrogen-bond acceptors (Lipinski definition) is 3. The second-order valence-corrected chi connectivity index (χ2v) is 6.27. The lowest BCUT2D eigenvalue weighted by molar-refractivity contribution is -0.138. The molecular formula is C14H28N2O4. The maximum Gasteiger partial charge on any atom is 0.323 e. The summed E-state index contributed by atoms with van der Waals surface area (Å²) < 4.78 is 5.02. The lowest BCUT2D eigenvalue weighted by atomic mass is 10.1. The van der Waals surface area contributed by atoms with Crippen LogP contribution in [0.2, 0.25) is 0 Å². The first kappa shape index (κ1) is 18.7. The van der Waals surface area contributed by atoms with Crippen LogP contribution in [0.4, 0.5) is 4.79 Å². The van der Waals surface area contributed by atoms with E-state index in [0.717, 1.165) is 0 Å². The van der Waals surface area contributed by atoms with E-state index in [0.29, 0.717) is 25.6 Å². The Kier molecular flexibility index (Phi) is 7.57. The molecule has 20 heavy (non-hydrogen) atoms. The van der Waals surface area contributed by atoms with Crippen LogP contribution < -0.4 is 0 Å². The number of carbonyl (C=O) groups is 2. The van der Waals surface area contributed by atoms with Crippen LogP contribution >= 0.6 is 0 Å². The summed E-state index contributed by atoms with van der Waals surface area (Å²) in [5, 5.41) is 9.00. The molecule has 0 fully saturated rings. The third kappa shape index (κ3) is 6.75. The molecule has 0 aliphatic heterocycles. The Morgan fingerprint density at radius 2 is 1.80 bits per heavy atom. The van der Waals surface area contributed by atoms with Gasteiger partial charge in [0.05, 0.1) is 6.61 Å². The van der Waals surface area contributed by atoms with Gasteiger partial charge in [-0.15, -0.1) is 0 Å². The van der Waals surface area contributed by atoms with Crippen molar-refractivity contribution in [2.75, 3.05) is 33.4 Å². The Balaban J connectivity index is 5.07. The average molecular weight is 288 g/mol. The van der Waals surface area contributed by atoms with Crippen LogP contribution in [0.25, 0.3) is 0 Å². The number of urea groups is 1. The summed E-state index contributed by atoms with van der Waals surface area (Å²) >= 11 is 0. The summed E-state index contributed by atoms with van der Waals surface area (Å²) in [5.41, 5.74) is -0.544. The van der Waals surface area contributed by atoms with E-state index in [9.17, 15) is 9.59 Å². The number of ether oxygens (including phenoxy) is 1. The van der Waals surface area contributed by atoms with Crippen LogP contribution in [-0.2, 0) is 9.53 Å². The number of carboxylic acids is 1. The summed E-state index contributed by atoms with van der Waals surface area (Å²) in [6.07, 6.45) is 0. The fourth-order valence-electron chi connectivity index (χ4n) is 1.80. The van der Waals surface area contributed by atoms with Crippen LogP contribution in [-0.4, -0.2) is 65.8 Å². The van der Waals surface area contributed by atoms with E-state index in [4.69, 9.17) is 9.84 Å². The Labute approximate surface area is 121 Å². The van der Waals surface area contributed by atoms with Crippen molar-refractivity contribution in [1.82, 2.24) is 9.80 Å². The van der Waals surface area contributed by atoms with Gasteiger partial charge in [-0.1, -0.05) is 13.8 Å². The van der Waals surface area contributed by atoms with Crippen molar-refractivity contribution < 1.29 is 19.4 Å². The molecule has 6 heteroatoms. The molecule has 0 aliphatic rings. The topological polar surface area (TPSA) is 70.1 Å². The van der Waals surface area contributed by atoms with Gasteiger partial charge >= 0.3 is 12.0 Å². The number of rotatable bonds is 7. The Bertz CT molecular complexity index is 324. The van der Waals surface area contributed by atoms with Crippen molar-refractivity contribution in [2.45, 2.75) is 40.2 Å². The lowest BCUT2D eigenvalue weighted by Gasteiger charge is -2.38. The first-order valence-corrected chi connectivity index (χ1v) is 6.86. The Morgan fingerprint density at radius 1 is 1.25 bits per heavy atom. The minimum atomic E-state index is -1.01. The zero-order valence-corrected chi connectivity index (χ0v) is 13.5. The lowest BCUT2D eigenvalue weighted by Crippen LogP contribution is -2.54. The van der Waals surface area contributed by atoms with Crippen molar-refractivity contribution in [3.63, 3.8) is 0 Å². The number of methoxy groups -OCH3 is 1. The summed E-state index contributed by atoms with van der Waals surface area (Å²) in [4.78, 5) is 26.6. The summed E-state index contributed by atoms with van der Waals surface area (Å²) in [7, 11) is 1.58. The predicted molar refractivity (Wildman–Crippen MR) is 77.8 cm³/mol. The molecule has 0 saturated heterocycles. The van der Waals surface area contributed by atoms with Crippen LogP contribution in [0.3, 0.4) is 0 Å². The highest BCUT2D eigenvalue weighted by atomic mass is 16.5. The van der Waals surface area contributed by atoms with Crippen LogP contribution in [0.1, 0.15) is 34.6 Å². The van der Waals surface area contributed by atoms with Crippen molar-refractivity contribution in [3.8, 4) is 0 Å². The highest BCUT2D eigenvalue weighted by Crippen LogP contribution is 2.16.